The van der Waals surface area contributed by atoms with Gasteiger partial charge in [0.05, 0.1) is 22.8 Å². The van der Waals surface area contributed by atoms with Crippen molar-refractivity contribution in [2.45, 2.75) is 55.4 Å². The summed E-state index contributed by atoms with van der Waals surface area (Å²) in [4.78, 5) is 33.7. The molecule has 0 N–H and O–H groups in total. The molecule has 0 saturated carbocycles. The molecule has 8 aromatic heterocycles. The van der Waals surface area contributed by atoms with Gasteiger partial charge in [-0.2, -0.15) is 0 Å². The molecular weight excluding hydrogens is 1270 g/mol. The predicted molar refractivity (Wildman–Crippen MR) is 435 cm³/mol. The smallest absolute Gasteiger partial charge is 0.0731 e. The van der Waals surface area contributed by atoms with Crippen molar-refractivity contribution in [3.63, 3.8) is 0 Å². The van der Waals surface area contributed by atoms with E-state index in [2.05, 4.69) is 263 Å². The number of rotatable bonds is 8. The van der Waals surface area contributed by atoms with Crippen molar-refractivity contribution >= 4 is 0 Å². The zero-order valence-corrected chi connectivity index (χ0v) is 60.5. The average molecular weight is 1350 g/mol. The van der Waals surface area contributed by atoms with E-state index in [4.69, 9.17) is 0 Å². The fourth-order valence-corrected chi connectivity index (χ4v) is 10.7. The van der Waals surface area contributed by atoms with Crippen molar-refractivity contribution in [3.8, 4) is 89.5 Å². The summed E-state index contributed by atoms with van der Waals surface area (Å²) >= 11 is 0. The minimum Gasteiger partial charge on any atom is -0.265 e. The number of aromatic nitrogens is 8. The van der Waals surface area contributed by atoms with Crippen molar-refractivity contribution in [2.24, 2.45) is 0 Å². The van der Waals surface area contributed by atoms with Crippen LogP contribution in [0.1, 0.15) is 44.6 Å². The van der Waals surface area contributed by atoms with E-state index in [0.717, 1.165) is 28.5 Å². The summed E-state index contributed by atoms with van der Waals surface area (Å²) < 4.78 is 0. The van der Waals surface area contributed by atoms with E-state index in [0.29, 0.717) is 0 Å². The monoisotopic (exact) mass is 1350 g/mol. The van der Waals surface area contributed by atoms with Gasteiger partial charge >= 0.3 is 0 Å². The van der Waals surface area contributed by atoms with Crippen molar-refractivity contribution in [2.75, 3.05) is 0 Å². The molecule has 0 unspecified atom stereocenters. The highest BCUT2D eigenvalue weighted by Gasteiger charge is 2.04. The van der Waals surface area contributed by atoms with Crippen LogP contribution in [0.5, 0.6) is 0 Å². The lowest BCUT2D eigenvalue weighted by atomic mass is 10.0. The van der Waals surface area contributed by atoms with Gasteiger partial charge in [0.25, 0.3) is 0 Å². The second-order valence-electron chi connectivity index (χ2n) is 24.6. The van der Waals surface area contributed by atoms with Crippen LogP contribution in [0.4, 0.5) is 0 Å². The average Bonchev–Trinajstić information content (AvgIpc) is 0.871. The van der Waals surface area contributed by atoms with Crippen LogP contribution in [0.15, 0.2) is 390 Å². The molecular formula is C96H88N8. The van der Waals surface area contributed by atoms with Gasteiger partial charge in [0.2, 0.25) is 0 Å². The third-order valence-electron chi connectivity index (χ3n) is 16.3. The maximum absolute atomic E-state index is 4.44. The Labute approximate surface area is 615 Å². The summed E-state index contributed by atoms with van der Waals surface area (Å²) in [6.07, 6.45) is 20.2. The Morgan fingerprint density at radius 1 is 0.192 bits per heavy atom. The first-order valence-electron chi connectivity index (χ1n) is 34.7. The molecule has 0 spiro atoms. The first-order valence-corrected chi connectivity index (χ1v) is 34.7. The zero-order chi connectivity index (χ0) is 72.8. The molecule has 0 radical (unpaired) electrons. The fourth-order valence-electron chi connectivity index (χ4n) is 10.7. The highest BCUT2D eigenvalue weighted by molar-refractivity contribution is 5.69. The van der Waals surface area contributed by atoms with Crippen molar-refractivity contribution in [1.82, 2.24) is 39.9 Å². The molecule has 0 atom stereocenters. The Morgan fingerprint density at radius 3 is 1.07 bits per heavy atom. The largest absolute Gasteiger partial charge is 0.265 e. The first kappa shape index (κ1) is 75.2. The van der Waals surface area contributed by atoms with Crippen molar-refractivity contribution < 1.29 is 0 Å². The third kappa shape index (κ3) is 25.0. The molecule has 8 heteroatoms. The molecule has 0 saturated heterocycles. The van der Waals surface area contributed by atoms with Gasteiger partial charge in [-0.1, -0.05) is 266 Å². The summed E-state index contributed by atoms with van der Waals surface area (Å²) in [7, 11) is 0. The number of hydrogen-bond donors (Lipinski definition) is 0. The van der Waals surface area contributed by atoms with Gasteiger partial charge in [-0.3, -0.25) is 39.9 Å². The molecule has 8 aromatic carbocycles. The summed E-state index contributed by atoms with van der Waals surface area (Å²) in [5.41, 5.74) is 28.5. The maximum atomic E-state index is 4.44. The van der Waals surface area contributed by atoms with Crippen molar-refractivity contribution in [1.29, 1.82) is 0 Å². The lowest BCUT2D eigenvalue weighted by Crippen LogP contribution is -1.85. The van der Waals surface area contributed by atoms with Crippen molar-refractivity contribution in [3.05, 3.63) is 434 Å². The van der Waals surface area contributed by atoms with Gasteiger partial charge in [0.1, 0.15) is 0 Å². The number of benzene rings is 8. The van der Waals surface area contributed by atoms with Crippen LogP contribution in [0.2, 0.25) is 0 Å². The third-order valence-corrected chi connectivity index (χ3v) is 16.3. The second-order valence-corrected chi connectivity index (χ2v) is 24.6. The Bertz CT molecular complexity index is 4570. The van der Waals surface area contributed by atoms with E-state index in [1.807, 2.05) is 203 Å². The fraction of sp³-hybridized carbons (Fsp3) is 0.0833. The zero-order valence-electron chi connectivity index (χ0n) is 60.5. The number of aryl methyl sites for hydroxylation is 8. The van der Waals surface area contributed by atoms with Gasteiger partial charge < -0.3 is 0 Å². The van der Waals surface area contributed by atoms with Gasteiger partial charge in [-0.25, -0.2) is 0 Å². The predicted octanol–water partition coefficient (Wildman–Crippen LogP) is 24.5. The number of pyridine rings is 8. The van der Waals surface area contributed by atoms with Crippen LogP contribution in [-0.4, -0.2) is 39.9 Å². The van der Waals surface area contributed by atoms with E-state index in [9.17, 15) is 0 Å². The standard InChI is InChI=1S/8C12H11N/c2*1-10-4-6-11(7-5-10)12-3-2-8-13-9-12;1-10-5-2-3-7-12(10)11-6-4-8-13-9-11;1-10-6-5-9-13-12(10)11-7-3-2-4-8-11;1-10-6-5-9-12(13-10)11-7-3-2-4-8-11;1-10-4-2-3-5-12(10)11-6-8-13-9-7-11;1-10-7-8-13-12(9-10)11-5-3-2-4-6-11;1-10-7-8-12(13-9-10)11-5-3-2-4-6-11/h8*2-9H,1H3. The van der Waals surface area contributed by atoms with E-state index >= 15 is 0 Å². The summed E-state index contributed by atoms with van der Waals surface area (Å²) in [5, 5.41) is 0. The molecule has 0 bridgehead atoms. The normalized spacial score (nSPS) is 9.92. The van der Waals surface area contributed by atoms with Gasteiger partial charge in [0, 0.05) is 102 Å². The second kappa shape index (κ2) is 41.5. The van der Waals surface area contributed by atoms with Gasteiger partial charge in [0.15, 0.2) is 0 Å². The molecule has 16 rings (SSSR count). The molecule has 0 fully saturated rings. The summed E-state index contributed by atoms with van der Waals surface area (Å²) in [6.45, 7) is 16.6. The summed E-state index contributed by atoms with van der Waals surface area (Å²) in [6, 6.07) is 109. The summed E-state index contributed by atoms with van der Waals surface area (Å²) in [5.74, 6) is 0. The topological polar surface area (TPSA) is 103 Å². The van der Waals surface area contributed by atoms with Gasteiger partial charge in [-0.15, -0.1) is 0 Å². The molecule has 8 heterocycles. The molecule has 0 aliphatic heterocycles. The lowest BCUT2D eigenvalue weighted by Gasteiger charge is -2.03. The molecule has 104 heavy (non-hydrogen) atoms. The number of nitrogens with zero attached hydrogens (tertiary/aromatic N) is 8. The van der Waals surface area contributed by atoms with Crippen LogP contribution < -0.4 is 0 Å². The van der Waals surface area contributed by atoms with Crippen LogP contribution in [-0.2, 0) is 0 Å². The minimum atomic E-state index is 1.03. The molecule has 16 aromatic rings. The molecule has 0 aliphatic carbocycles. The van der Waals surface area contributed by atoms with Crippen LogP contribution in [0, 0.1) is 55.4 Å². The maximum Gasteiger partial charge on any atom is 0.0731 e. The Balaban J connectivity index is 0.000000138. The van der Waals surface area contributed by atoms with Crippen LogP contribution >= 0.6 is 0 Å². The van der Waals surface area contributed by atoms with E-state index in [1.54, 1.807) is 18.6 Å². The minimum absolute atomic E-state index is 1.03. The Morgan fingerprint density at radius 2 is 0.615 bits per heavy atom. The first-order chi connectivity index (χ1) is 50.9. The van der Waals surface area contributed by atoms with E-state index in [-0.39, 0.29) is 0 Å². The number of hydrogen-bond acceptors (Lipinski definition) is 8. The SMILES string of the molecule is Cc1ccc(-c2ccccc2)nc1.Cc1ccc(-c2cccnc2)cc1.Cc1ccc(-c2cccnc2)cc1.Cc1cccc(-c2ccccc2)n1.Cc1ccccc1-c1cccnc1.Cc1ccccc1-c1ccncc1.Cc1cccnc1-c1ccccc1.Cc1ccnc(-c2ccccc2)c1. The molecule has 8 nitrogen and oxygen atoms in total. The Kier molecular flexibility index (Phi) is 30.0. The van der Waals surface area contributed by atoms with Gasteiger partial charge in [-0.05, 0) is 189 Å². The molecule has 512 valence electrons. The van der Waals surface area contributed by atoms with E-state index < -0.39 is 0 Å². The quantitative estimate of drug-likeness (QED) is 0.148. The molecule has 0 amide bonds. The van der Waals surface area contributed by atoms with Crippen LogP contribution in [0.25, 0.3) is 89.5 Å². The highest BCUT2D eigenvalue weighted by atomic mass is 14.7. The lowest BCUT2D eigenvalue weighted by molar-refractivity contribution is 1.21. The van der Waals surface area contributed by atoms with Crippen LogP contribution in [0.3, 0.4) is 0 Å². The molecule has 0 aliphatic rings. The van der Waals surface area contributed by atoms with E-state index in [1.165, 1.54) is 106 Å². The Hall–Kier alpha value is -13.0. The highest BCUT2D eigenvalue weighted by Crippen LogP contribution is 2.26.